The summed E-state index contributed by atoms with van der Waals surface area (Å²) in [6.07, 6.45) is 1.95. The van der Waals surface area contributed by atoms with E-state index in [2.05, 4.69) is 0 Å². The fourth-order valence-electron chi connectivity index (χ4n) is 1.65. The van der Waals surface area contributed by atoms with Crippen LogP contribution >= 0.6 is 0 Å². The molecule has 0 N–H and O–H groups in total. The Bertz CT molecular complexity index is 262. The molecular formula is C15H32O3Si. The minimum absolute atomic E-state index is 0.317. The summed E-state index contributed by atoms with van der Waals surface area (Å²) in [5, 5.41) is 0. The molecule has 4 heteroatoms. The minimum Gasteiger partial charge on any atom is -0.365 e. The third-order valence-electron chi connectivity index (χ3n) is 1.72. The first-order valence-electron chi connectivity index (χ1n) is 6.92. The van der Waals surface area contributed by atoms with Crippen LogP contribution in [0.4, 0.5) is 0 Å². The first kappa shape index (κ1) is 18.8. The summed E-state index contributed by atoms with van der Waals surface area (Å²) >= 11 is 0. The average Bonchev–Trinajstić information content (AvgIpc) is 1.90. The molecule has 3 nitrogen and oxygen atoms in total. The van der Waals surface area contributed by atoms with Crippen LogP contribution in [0.15, 0.2) is 11.8 Å². The van der Waals surface area contributed by atoms with Gasteiger partial charge in [0.15, 0.2) is 0 Å². The average molecular weight is 289 g/mol. The molecule has 0 atom stereocenters. The molecule has 0 aliphatic carbocycles. The van der Waals surface area contributed by atoms with Gasteiger partial charge in [0.05, 0.1) is 16.8 Å². The Labute approximate surface area is 120 Å². The number of hydrogen-bond acceptors (Lipinski definition) is 3. The lowest BCUT2D eigenvalue weighted by Gasteiger charge is -2.41. The zero-order valence-electron chi connectivity index (χ0n) is 14.4. The molecule has 0 bridgehead atoms. The van der Waals surface area contributed by atoms with Gasteiger partial charge in [0.2, 0.25) is 0 Å². The summed E-state index contributed by atoms with van der Waals surface area (Å²) in [6, 6.07) is 0. The van der Waals surface area contributed by atoms with Crippen LogP contribution in [0, 0.1) is 0 Å². The van der Waals surface area contributed by atoms with Crippen molar-refractivity contribution in [3.05, 3.63) is 11.8 Å². The van der Waals surface area contributed by atoms with Gasteiger partial charge in [-0.25, -0.2) is 0 Å². The second-order valence-corrected chi connectivity index (χ2v) is 9.90. The van der Waals surface area contributed by atoms with E-state index in [0.29, 0.717) is 0 Å². The van der Waals surface area contributed by atoms with E-state index in [1.54, 1.807) is 0 Å². The van der Waals surface area contributed by atoms with Gasteiger partial charge < -0.3 is 13.3 Å². The predicted molar refractivity (Wildman–Crippen MR) is 83.1 cm³/mol. The number of rotatable bonds is 4. The molecule has 0 amide bonds. The van der Waals surface area contributed by atoms with Crippen molar-refractivity contribution in [2.24, 2.45) is 0 Å². The van der Waals surface area contributed by atoms with Crippen LogP contribution in [0.1, 0.15) is 69.2 Å². The van der Waals surface area contributed by atoms with Crippen LogP contribution in [0.5, 0.6) is 0 Å². The topological polar surface area (TPSA) is 27.7 Å². The Balaban J connectivity index is 5.47. The number of hydrogen-bond donors (Lipinski definition) is 0. The summed E-state index contributed by atoms with van der Waals surface area (Å²) in [7, 11) is -2.88. The van der Waals surface area contributed by atoms with E-state index in [4.69, 9.17) is 13.3 Å². The van der Waals surface area contributed by atoms with Crippen molar-refractivity contribution in [3.63, 3.8) is 0 Å². The maximum absolute atomic E-state index is 6.23. The molecule has 0 aromatic rings. The third-order valence-corrected chi connectivity index (χ3v) is 5.15. The fraction of sp³-hybridized carbons (Fsp3) is 0.867. The second-order valence-electron chi connectivity index (χ2n) is 7.75. The van der Waals surface area contributed by atoms with Crippen molar-refractivity contribution in [2.45, 2.75) is 86.0 Å². The molecule has 0 saturated heterocycles. The lowest BCUT2D eigenvalue weighted by Crippen LogP contribution is -2.56. The molecule has 0 radical (unpaired) electrons. The molecule has 0 aromatic carbocycles. The normalized spacial score (nSPS) is 15.3. The van der Waals surface area contributed by atoms with Gasteiger partial charge in [-0.2, -0.15) is 0 Å². The maximum Gasteiger partial charge on any atom is 0.530 e. The van der Waals surface area contributed by atoms with Gasteiger partial charge in [0, 0.05) is 0 Å². The molecule has 0 saturated carbocycles. The highest BCUT2D eigenvalue weighted by atomic mass is 28.4. The molecule has 0 rings (SSSR count). The molecule has 0 heterocycles. The van der Waals surface area contributed by atoms with Crippen LogP contribution in [-0.2, 0) is 13.3 Å². The second kappa shape index (κ2) is 6.08. The Morgan fingerprint density at radius 1 is 0.632 bits per heavy atom. The zero-order chi connectivity index (χ0) is 15.5. The third kappa shape index (κ3) is 9.38. The highest BCUT2D eigenvalue weighted by molar-refractivity contribution is 6.66. The largest absolute Gasteiger partial charge is 0.530 e. The van der Waals surface area contributed by atoms with E-state index in [-0.39, 0.29) is 16.8 Å². The summed E-state index contributed by atoms with van der Waals surface area (Å²) < 4.78 is 18.7. The summed E-state index contributed by atoms with van der Waals surface area (Å²) in [6.45, 7) is 20.2. The van der Waals surface area contributed by atoms with E-state index in [9.17, 15) is 0 Å². The molecular weight excluding hydrogens is 256 g/mol. The van der Waals surface area contributed by atoms with Crippen molar-refractivity contribution in [1.82, 2.24) is 0 Å². The predicted octanol–water partition coefficient (Wildman–Crippen LogP) is 4.49. The van der Waals surface area contributed by atoms with Gasteiger partial charge >= 0.3 is 8.80 Å². The van der Waals surface area contributed by atoms with Crippen molar-refractivity contribution in [2.75, 3.05) is 0 Å². The highest BCUT2D eigenvalue weighted by Crippen LogP contribution is 2.29. The van der Waals surface area contributed by atoms with Crippen molar-refractivity contribution < 1.29 is 13.3 Å². The molecule has 0 aromatic heterocycles. The SMILES string of the molecule is CC=C[Si](OC(C)(C)C)(OC(C)(C)C)OC(C)(C)C. The van der Waals surface area contributed by atoms with Crippen LogP contribution in [-0.4, -0.2) is 25.6 Å². The van der Waals surface area contributed by atoms with Crippen molar-refractivity contribution >= 4 is 8.80 Å². The molecule has 0 unspecified atom stereocenters. The van der Waals surface area contributed by atoms with Gasteiger partial charge in [0.1, 0.15) is 0 Å². The van der Waals surface area contributed by atoms with Gasteiger partial charge in [0.25, 0.3) is 0 Å². The smallest absolute Gasteiger partial charge is 0.365 e. The van der Waals surface area contributed by atoms with Gasteiger partial charge in [-0.05, 0) is 74.9 Å². The quantitative estimate of drug-likeness (QED) is 0.714. The van der Waals surface area contributed by atoms with E-state index in [0.717, 1.165) is 0 Å². The molecule has 0 aliphatic heterocycles. The summed E-state index contributed by atoms with van der Waals surface area (Å²) in [5.74, 6) is 0. The first-order chi connectivity index (χ1) is 8.18. The van der Waals surface area contributed by atoms with Crippen molar-refractivity contribution in [1.29, 1.82) is 0 Å². The maximum atomic E-state index is 6.23. The first-order valence-corrected chi connectivity index (χ1v) is 8.73. The Kier molecular flexibility index (Phi) is 6.03. The molecule has 19 heavy (non-hydrogen) atoms. The van der Waals surface area contributed by atoms with E-state index in [1.165, 1.54) is 0 Å². The van der Waals surface area contributed by atoms with Crippen LogP contribution in [0.3, 0.4) is 0 Å². The highest BCUT2D eigenvalue weighted by Gasteiger charge is 2.48. The Morgan fingerprint density at radius 2 is 0.895 bits per heavy atom. The minimum atomic E-state index is -2.88. The van der Waals surface area contributed by atoms with E-state index >= 15 is 0 Å². The van der Waals surface area contributed by atoms with Gasteiger partial charge in [-0.3, -0.25) is 0 Å². The Morgan fingerprint density at radius 3 is 1.05 bits per heavy atom. The fourth-order valence-corrected chi connectivity index (χ4v) is 4.95. The van der Waals surface area contributed by atoms with E-state index < -0.39 is 8.80 Å². The lowest BCUT2D eigenvalue weighted by atomic mass is 10.2. The molecule has 114 valence electrons. The lowest BCUT2D eigenvalue weighted by molar-refractivity contribution is -0.0667. The molecule has 0 aliphatic rings. The standard InChI is InChI=1S/C15H32O3Si/c1-11-12-19(16-13(2,3)4,17-14(5,6)7)18-15(8,9)10/h11-12H,1-10H3. The van der Waals surface area contributed by atoms with Crippen LogP contribution < -0.4 is 0 Å². The number of allylic oxidation sites excluding steroid dienone is 1. The summed E-state index contributed by atoms with van der Waals surface area (Å²) in [5.41, 5.74) is 1.02. The van der Waals surface area contributed by atoms with E-state index in [1.807, 2.05) is 81.0 Å². The van der Waals surface area contributed by atoms with Crippen LogP contribution in [0.2, 0.25) is 0 Å². The monoisotopic (exact) mass is 288 g/mol. The Hall–Kier alpha value is -0.163. The summed E-state index contributed by atoms with van der Waals surface area (Å²) in [4.78, 5) is 0. The van der Waals surface area contributed by atoms with Gasteiger partial charge in [-0.1, -0.05) is 6.08 Å². The molecule has 0 spiro atoms. The van der Waals surface area contributed by atoms with Crippen molar-refractivity contribution in [3.8, 4) is 0 Å². The van der Waals surface area contributed by atoms with Gasteiger partial charge in [-0.15, -0.1) is 0 Å². The van der Waals surface area contributed by atoms with Crippen LogP contribution in [0.25, 0.3) is 0 Å². The molecule has 0 fully saturated rings. The zero-order valence-corrected chi connectivity index (χ0v) is 15.4.